The first-order valence-corrected chi connectivity index (χ1v) is 5.59. The number of carbonyl (C=O) groups is 1. The molecule has 1 saturated heterocycles. The van der Waals surface area contributed by atoms with Crippen molar-refractivity contribution in [3.8, 4) is 0 Å². The third-order valence-electron chi connectivity index (χ3n) is 2.32. The number of pyridine rings is 1. The molecule has 0 saturated carbocycles. The fourth-order valence-electron chi connectivity index (χ4n) is 1.45. The Kier molecular flexibility index (Phi) is 2.90. The molecular formula is C10H11BrN2O2. The number of anilines is 1. The third kappa shape index (κ3) is 2.12. The van der Waals surface area contributed by atoms with Gasteiger partial charge in [0.25, 0.3) is 0 Å². The van der Waals surface area contributed by atoms with E-state index in [1.165, 1.54) is 0 Å². The van der Waals surface area contributed by atoms with Crippen molar-refractivity contribution in [1.29, 1.82) is 0 Å². The molecule has 1 aromatic heterocycles. The first-order valence-electron chi connectivity index (χ1n) is 4.80. The number of amides is 1. The number of nitrogens with zero attached hydrogens (tertiary/aromatic N) is 2. The molecule has 2 rings (SSSR count). The Morgan fingerprint density at radius 2 is 2.47 bits per heavy atom. The van der Waals surface area contributed by atoms with Gasteiger partial charge < -0.3 is 4.74 Å². The molecule has 1 fully saturated rings. The maximum absolute atomic E-state index is 11.5. The SMILES string of the molecule is CCC1CN(c2ccc(Br)cn2)C(=O)O1. The number of cyclic esters (lactones) is 1. The second kappa shape index (κ2) is 4.18. The van der Waals surface area contributed by atoms with Gasteiger partial charge >= 0.3 is 6.09 Å². The zero-order valence-corrected chi connectivity index (χ0v) is 9.90. The Morgan fingerprint density at radius 3 is 3.00 bits per heavy atom. The van der Waals surface area contributed by atoms with Crippen LogP contribution in [0, 0.1) is 0 Å². The number of hydrogen-bond acceptors (Lipinski definition) is 3. The van der Waals surface area contributed by atoms with Crippen molar-refractivity contribution >= 4 is 27.8 Å². The highest BCUT2D eigenvalue weighted by atomic mass is 79.9. The molecule has 15 heavy (non-hydrogen) atoms. The Balaban J connectivity index is 2.18. The molecule has 0 spiro atoms. The van der Waals surface area contributed by atoms with E-state index in [1.54, 1.807) is 17.2 Å². The van der Waals surface area contributed by atoms with Crippen LogP contribution in [0.1, 0.15) is 13.3 Å². The maximum atomic E-state index is 11.5. The molecule has 5 heteroatoms. The van der Waals surface area contributed by atoms with Crippen molar-refractivity contribution in [3.63, 3.8) is 0 Å². The lowest BCUT2D eigenvalue weighted by atomic mass is 10.3. The Bertz CT molecular complexity index is 366. The molecule has 1 aromatic rings. The van der Waals surface area contributed by atoms with Gasteiger partial charge in [0, 0.05) is 10.7 Å². The van der Waals surface area contributed by atoms with Gasteiger partial charge in [0.1, 0.15) is 11.9 Å². The maximum Gasteiger partial charge on any atom is 0.415 e. The van der Waals surface area contributed by atoms with Gasteiger partial charge in [-0.15, -0.1) is 0 Å². The van der Waals surface area contributed by atoms with Gasteiger partial charge in [-0.2, -0.15) is 0 Å². The molecule has 2 heterocycles. The van der Waals surface area contributed by atoms with Gasteiger partial charge in [-0.05, 0) is 34.5 Å². The first-order chi connectivity index (χ1) is 7.20. The largest absolute Gasteiger partial charge is 0.444 e. The van der Waals surface area contributed by atoms with Gasteiger partial charge in [-0.3, -0.25) is 4.90 Å². The van der Waals surface area contributed by atoms with E-state index in [0.717, 1.165) is 10.9 Å². The van der Waals surface area contributed by atoms with Crippen LogP contribution in [0.3, 0.4) is 0 Å². The summed E-state index contributed by atoms with van der Waals surface area (Å²) >= 11 is 3.30. The summed E-state index contributed by atoms with van der Waals surface area (Å²) in [6.45, 7) is 2.58. The minimum atomic E-state index is -0.309. The quantitative estimate of drug-likeness (QED) is 0.830. The Morgan fingerprint density at radius 1 is 1.67 bits per heavy atom. The predicted molar refractivity (Wildman–Crippen MR) is 59.8 cm³/mol. The fraction of sp³-hybridized carbons (Fsp3) is 0.400. The summed E-state index contributed by atoms with van der Waals surface area (Å²) in [5.74, 6) is 0.638. The Labute approximate surface area is 96.4 Å². The number of halogens is 1. The van der Waals surface area contributed by atoms with Crippen molar-refractivity contribution in [2.75, 3.05) is 11.4 Å². The molecule has 80 valence electrons. The summed E-state index contributed by atoms with van der Waals surface area (Å²) in [6.07, 6.45) is 2.18. The van der Waals surface area contributed by atoms with E-state index < -0.39 is 0 Å². The van der Waals surface area contributed by atoms with Crippen molar-refractivity contribution in [2.24, 2.45) is 0 Å². The zero-order chi connectivity index (χ0) is 10.8. The van der Waals surface area contributed by atoms with E-state index in [0.29, 0.717) is 12.4 Å². The number of rotatable bonds is 2. The van der Waals surface area contributed by atoms with Crippen LogP contribution < -0.4 is 4.90 Å². The monoisotopic (exact) mass is 270 g/mol. The zero-order valence-electron chi connectivity index (χ0n) is 8.31. The van der Waals surface area contributed by atoms with Gasteiger partial charge in [0.05, 0.1) is 6.54 Å². The van der Waals surface area contributed by atoms with Crippen molar-refractivity contribution in [3.05, 3.63) is 22.8 Å². The van der Waals surface area contributed by atoms with Crippen LogP contribution in [0.25, 0.3) is 0 Å². The van der Waals surface area contributed by atoms with E-state index >= 15 is 0 Å². The standard InChI is InChI=1S/C10H11BrN2O2/c1-2-8-6-13(10(14)15-8)9-4-3-7(11)5-12-9/h3-5,8H,2,6H2,1H3. The molecule has 4 nitrogen and oxygen atoms in total. The highest BCUT2D eigenvalue weighted by Crippen LogP contribution is 2.21. The van der Waals surface area contributed by atoms with Crippen molar-refractivity contribution < 1.29 is 9.53 Å². The molecule has 1 aliphatic heterocycles. The van der Waals surface area contributed by atoms with Crippen LogP contribution in [-0.4, -0.2) is 23.7 Å². The highest BCUT2D eigenvalue weighted by Gasteiger charge is 2.31. The molecule has 1 atom stereocenters. The van der Waals surface area contributed by atoms with Crippen molar-refractivity contribution in [1.82, 2.24) is 4.98 Å². The van der Waals surface area contributed by atoms with Crippen LogP contribution in [0.4, 0.5) is 10.6 Å². The smallest absolute Gasteiger partial charge is 0.415 e. The number of hydrogen-bond donors (Lipinski definition) is 0. The summed E-state index contributed by atoms with van der Waals surface area (Å²) in [6, 6.07) is 3.65. The lowest BCUT2D eigenvalue weighted by Gasteiger charge is -2.10. The third-order valence-corrected chi connectivity index (χ3v) is 2.79. The van der Waals surface area contributed by atoms with Gasteiger partial charge in [-0.1, -0.05) is 6.92 Å². The minimum Gasteiger partial charge on any atom is -0.444 e. The molecule has 0 bridgehead atoms. The van der Waals surface area contributed by atoms with Gasteiger partial charge in [0.15, 0.2) is 0 Å². The Hall–Kier alpha value is -1.10. The van der Waals surface area contributed by atoms with E-state index in [-0.39, 0.29) is 12.2 Å². The molecular weight excluding hydrogens is 260 g/mol. The number of ether oxygens (including phenoxy) is 1. The van der Waals surface area contributed by atoms with Gasteiger partial charge in [-0.25, -0.2) is 9.78 Å². The highest BCUT2D eigenvalue weighted by molar-refractivity contribution is 9.10. The van der Waals surface area contributed by atoms with Crippen LogP contribution >= 0.6 is 15.9 Å². The van der Waals surface area contributed by atoms with E-state index in [1.807, 2.05) is 13.0 Å². The molecule has 0 aliphatic carbocycles. The second-order valence-electron chi connectivity index (χ2n) is 3.36. The number of carbonyl (C=O) groups excluding carboxylic acids is 1. The second-order valence-corrected chi connectivity index (χ2v) is 4.27. The van der Waals surface area contributed by atoms with E-state index in [2.05, 4.69) is 20.9 Å². The number of aromatic nitrogens is 1. The lowest BCUT2D eigenvalue weighted by Crippen LogP contribution is -2.25. The van der Waals surface area contributed by atoms with Gasteiger partial charge in [0.2, 0.25) is 0 Å². The fourth-order valence-corrected chi connectivity index (χ4v) is 1.68. The summed E-state index contributed by atoms with van der Waals surface area (Å²) in [4.78, 5) is 17.2. The van der Waals surface area contributed by atoms with Crippen LogP contribution in [0.5, 0.6) is 0 Å². The topological polar surface area (TPSA) is 42.4 Å². The molecule has 0 radical (unpaired) electrons. The van der Waals surface area contributed by atoms with Crippen LogP contribution in [0.15, 0.2) is 22.8 Å². The predicted octanol–water partition coefficient (Wildman–Crippen LogP) is 2.58. The van der Waals surface area contributed by atoms with E-state index in [9.17, 15) is 4.79 Å². The average molecular weight is 271 g/mol. The first kappa shape index (κ1) is 10.4. The average Bonchev–Trinajstić information content (AvgIpc) is 2.61. The summed E-state index contributed by atoms with van der Waals surface area (Å²) < 4.78 is 6.04. The normalized spacial score (nSPS) is 20.5. The summed E-state index contributed by atoms with van der Waals surface area (Å²) in [5.41, 5.74) is 0. The summed E-state index contributed by atoms with van der Waals surface area (Å²) in [5, 5.41) is 0. The van der Waals surface area contributed by atoms with Crippen LogP contribution in [-0.2, 0) is 4.74 Å². The molecule has 0 N–H and O–H groups in total. The molecule has 1 aliphatic rings. The lowest BCUT2D eigenvalue weighted by molar-refractivity contribution is 0.139. The minimum absolute atomic E-state index is 0.0112. The summed E-state index contributed by atoms with van der Waals surface area (Å²) in [7, 11) is 0. The van der Waals surface area contributed by atoms with Crippen molar-refractivity contribution in [2.45, 2.75) is 19.4 Å². The van der Waals surface area contributed by atoms with E-state index in [4.69, 9.17) is 4.74 Å². The molecule has 1 amide bonds. The molecule has 0 aromatic carbocycles. The molecule has 1 unspecified atom stereocenters. The van der Waals surface area contributed by atoms with Crippen LogP contribution in [0.2, 0.25) is 0 Å².